The number of amides is 1. The zero-order valence-electron chi connectivity index (χ0n) is 18.1. The Morgan fingerprint density at radius 1 is 1.00 bits per heavy atom. The Balaban J connectivity index is 1.82. The Labute approximate surface area is 190 Å². The highest BCUT2D eigenvalue weighted by Crippen LogP contribution is 2.37. The van der Waals surface area contributed by atoms with Crippen molar-refractivity contribution in [3.63, 3.8) is 0 Å². The average molecular weight is 450 g/mol. The maximum atomic E-state index is 13.8. The highest BCUT2D eigenvalue weighted by molar-refractivity contribution is 7.22. The first-order chi connectivity index (χ1) is 15.7. The van der Waals surface area contributed by atoms with Crippen molar-refractivity contribution in [2.24, 2.45) is 0 Å². The van der Waals surface area contributed by atoms with Gasteiger partial charge in [0.1, 0.15) is 11.3 Å². The van der Waals surface area contributed by atoms with Crippen molar-refractivity contribution in [1.82, 2.24) is 9.97 Å². The number of hydrogen-bond donors (Lipinski definition) is 0. The molecular weight excluding hydrogens is 426 g/mol. The second kappa shape index (κ2) is 9.65. The lowest BCUT2D eigenvalue weighted by Crippen LogP contribution is -2.31. The van der Waals surface area contributed by atoms with Gasteiger partial charge in [-0.3, -0.25) is 14.7 Å². The van der Waals surface area contributed by atoms with Crippen molar-refractivity contribution in [3.05, 3.63) is 72.1 Å². The summed E-state index contributed by atoms with van der Waals surface area (Å²) in [5, 5.41) is 0.549. The number of nitrogens with zero attached hydrogens (tertiary/aromatic N) is 3. The molecule has 2 aromatic heterocycles. The molecule has 0 saturated carbocycles. The van der Waals surface area contributed by atoms with Gasteiger partial charge < -0.3 is 14.2 Å². The van der Waals surface area contributed by atoms with Crippen molar-refractivity contribution in [3.8, 4) is 17.2 Å². The number of benzene rings is 2. The fourth-order valence-electron chi connectivity index (χ4n) is 3.38. The van der Waals surface area contributed by atoms with E-state index in [0.29, 0.717) is 34.6 Å². The van der Waals surface area contributed by atoms with Crippen LogP contribution < -0.4 is 19.1 Å². The van der Waals surface area contributed by atoms with Crippen molar-refractivity contribution in [2.45, 2.75) is 13.5 Å². The second-order valence-electron chi connectivity index (χ2n) is 6.79. The van der Waals surface area contributed by atoms with Gasteiger partial charge in [0.15, 0.2) is 16.6 Å². The molecule has 0 aliphatic heterocycles. The van der Waals surface area contributed by atoms with E-state index in [4.69, 9.17) is 19.2 Å². The largest absolute Gasteiger partial charge is 0.493 e. The molecule has 0 unspecified atom stereocenters. The summed E-state index contributed by atoms with van der Waals surface area (Å²) in [6.45, 7) is 2.71. The average Bonchev–Trinajstić information content (AvgIpc) is 3.27. The van der Waals surface area contributed by atoms with Crippen LogP contribution in [-0.4, -0.2) is 36.7 Å². The number of carbonyl (C=O) groups excluding carboxylic acids is 1. The molecular formula is C24H23N3O4S. The summed E-state index contributed by atoms with van der Waals surface area (Å²) in [5.74, 6) is 1.29. The number of carbonyl (C=O) groups is 1. The number of pyridine rings is 1. The van der Waals surface area contributed by atoms with Gasteiger partial charge in [-0.2, -0.15) is 0 Å². The zero-order chi connectivity index (χ0) is 22.5. The number of aromatic nitrogens is 2. The normalized spacial score (nSPS) is 10.7. The van der Waals surface area contributed by atoms with Crippen LogP contribution in [0.1, 0.15) is 23.0 Å². The first-order valence-corrected chi connectivity index (χ1v) is 10.9. The second-order valence-corrected chi connectivity index (χ2v) is 7.79. The van der Waals surface area contributed by atoms with Crippen LogP contribution in [0.3, 0.4) is 0 Å². The number of para-hydroxylation sites is 2. The Bertz CT molecular complexity index is 1230. The summed E-state index contributed by atoms with van der Waals surface area (Å²) in [5.41, 5.74) is 1.85. The van der Waals surface area contributed by atoms with E-state index < -0.39 is 0 Å². The molecule has 0 saturated heterocycles. The molecule has 4 aromatic rings. The predicted molar refractivity (Wildman–Crippen MR) is 125 cm³/mol. The van der Waals surface area contributed by atoms with Gasteiger partial charge in [-0.25, -0.2) is 4.98 Å². The molecule has 0 fully saturated rings. The lowest BCUT2D eigenvalue weighted by atomic mass is 10.1. The molecule has 1 amide bonds. The molecule has 32 heavy (non-hydrogen) atoms. The van der Waals surface area contributed by atoms with Gasteiger partial charge in [-0.1, -0.05) is 29.5 Å². The highest BCUT2D eigenvalue weighted by Gasteiger charge is 2.26. The Hall–Kier alpha value is -3.65. The van der Waals surface area contributed by atoms with Gasteiger partial charge in [0, 0.05) is 6.20 Å². The molecule has 0 aliphatic rings. The molecule has 8 heteroatoms. The summed E-state index contributed by atoms with van der Waals surface area (Å²) in [6.07, 6.45) is 1.70. The molecule has 7 nitrogen and oxygen atoms in total. The van der Waals surface area contributed by atoms with E-state index in [9.17, 15) is 4.79 Å². The smallest absolute Gasteiger partial charge is 0.264 e. The van der Waals surface area contributed by atoms with E-state index in [1.54, 1.807) is 36.4 Å². The minimum absolute atomic E-state index is 0.254. The fraction of sp³-hybridized carbons (Fsp3) is 0.208. The molecule has 2 heterocycles. The van der Waals surface area contributed by atoms with Crippen LogP contribution in [0.4, 0.5) is 5.13 Å². The maximum absolute atomic E-state index is 13.8. The van der Waals surface area contributed by atoms with Crippen molar-refractivity contribution < 1.29 is 19.0 Å². The lowest BCUT2D eigenvalue weighted by molar-refractivity contribution is 0.0981. The monoisotopic (exact) mass is 449 g/mol. The van der Waals surface area contributed by atoms with Crippen molar-refractivity contribution in [1.29, 1.82) is 0 Å². The molecule has 0 aliphatic carbocycles. The van der Waals surface area contributed by atoms with Gasteiger partial charge >= 0.3 is 0 Å². The first-order valence-electron chi connectivity index (χ1n) is 10.1. The van der Waals surface area contributed by atoms with E-state index in [1.165, 1.54) is 18.4 Å². The quantitative estimate of drug-likeness (QED) is 0.379. The number of fused-ring (bicyclic) bond motifs is 1. The number of anilines is 1. The van der Waals surface area contributed by atoms with Crippen LogP contribution in [0.2, 0.25) is 0 Å². The number of hydrogen-bond acceptors (Lipinski definition) is 7. The van der Waals surface area contributed by atoms with Gasteiger partial charge in [0.25, 0.3) is 5.91 Å². The molecule has 164 valence electrons. The van der Waals surface area contributed by atoms with Crippen LogP contribution in [-0.2, 0) is 6.54 Å². The summed E-state index contributed by atoms with van der Waals surface area (Å²) < 4.78 is 17.6. The zero-order valence-corrected chi connectivity index (χ0v) is 18.9. The van der Waals surface area contributed by atoms with Crippen molar-refractivity contribution >= 4 is 32.6 Å². The van der Waals surface area contributed by atoms with Crippen LogP contribution in [0.15, 0.2) is 60.8 Å². The summed E-state index contributed by atoms with van der Waals surface area (Å²) in [7, 11) is 3.06. The first kappa shape index (κ1) is 21.6. The van der Waals surface area contributed by atoms with Gasteiger partial charge in [0.05, 0.1) is 43.3 Å². The number of methoxy groups -OCH3 is 2. The Morgan fingerprint density at radius 2 is 1.81 bits per heavy atom. The SMILES string of the molecule is CCOc1cccc2sc(N(Cc3ccccn3)C(=O)c3cccc(OC)c3OC)nc12. The van der Waals surface area contributed by atoms with Gasteiger partial charge in [-0.15, -0.1) is 0 Å². The Kier molecular flexibility index (Phi) is 6.51. The summed E-state index contributed by atoms with van der Waals surface area (Å²) in [6, 6.07) is 16.6. The number of thiazole rings is 1. The molecule has 0 bridgehead atoms. The number of rotatable bonds is 8. The lowest BCUT2D eigenvalue weighted by Gasteiger charge is -2.21. The summed E-state index contributed by atoms with van der Waals surface area (Å²) in [4.78, 5) is 24.6. The third-order valence-electron chi connectivity index (χ3n) is 4.83. The fourth-order valence-corrected chi connectivity index (χ4v) is 4.36. The topological polar surface area (TPSA) is 73.8 Å². The van der Waals surface area contributed by atoms with Crippen molar-refractivity contribution in [2.75, 3.05) is 25.7 Å². The third kappa shape index (κ3) is 4.22. The van der Waals surface area contributed by atoms with E-state index in [-0.39, 0.29) is 12.5 Å². The Morgan fingerprint density at radius 3 is 2.53 bits per heavy atom. The maximum Gasteiger partial charge on any atom is 0.264 e. The molecule has 0 N–H and O–H groups in total. The number of ether oxygens (including phenoxy) is 3. The molecule has 2 aromatic carbocycles. The van der Waals surface area contributed by atoms with E-state index in [1.807, 2.05) is 43.3 Å². The molecule has 4 rings (SSSR count). The summed E-state index contributed by atoms with van der Waals surface area (Å²) >= 11 is 1.43. The predicted octanol–water partition coefficient (Wildman–Crippen LogP) is 4.95. The van der Waals surface area contributed by atoms with Gasteiger partial charge in [-0.05, 0) is 43.3 Å². The third-order valence-corrected chi connectivity index (χ3v) is 5.87. The molecule has 0 spiro atoms. The molecule has 0 radical (unpaired) electrons. The van der Waals surface area contributed by atoms with Gasteiger partial charge in [0.2, 0.25) is 0 Å². The van der Waals surface area contributed by atoms with Crippen LogP contribution >= 0.6 is 11.3 Å². The van der Waals surface area contributed by atoms with Crippen LogP contribution in [0, 0.1) is 0 Å². The van der Waals surface area contributed by atoms with Crippen LogP contribution in [0.5, 0.6) is 17.2 Å². The van der Waals surface area contributed by atoms with E-state index >= 15 is 0 Å². The highest BCUT2D eigenvalue weighted by atomic mass is 32.1. The van der Waals surface area contributed by atoms with E-state index in [0.717, 1.165) is 15.9 Å². The minimum atomic E-state index is -0.261. The minimum Gasteiger partial charge on any atom is -0.493 e. The van der Waals surface area contributed by atoms with E-state index in [2.05, 4.69) is 4.98 Å². The standard InChI is InChI=1S/C24H23N3O4S/c1-4-31-18-11-8-13-20-21(18)26-24(32-20)27(15-16-9-5-6-14-25-16)23(28)17-10-7-12-19(29-2)22(17)30-3/h5-14H,4,15H2,1-3H3. The van der Waals surface area contributed by atoms with Crippen LogP contribution in [0.25, 0.3) is 10.2 Å². The molecule has 0 atom stereocenters.